The van der Waals surface area contributed by atoms with Crippen molar-refractivity contribution in [2.75, 3.05) is 5.32 Å². The number of thiocarbonyl (C=S) groups is 1. The standard InChI is InChI=1S/C23H25ClN4S/c1-3-17-10-7-11-18(4-2)22(17)26-23(29)27-25-15-20-12-8-14-28(20)16-19-9-5-6-13-21(19)24/h5-15H,3-4,16H2,1-2H3,(H2,26,27,29). The summed E-state index contributed by atoms with van der Waals surface area (Å²) in [6, 6.07) is 18.2. The number of halogens is 1. The van der Waals surface area contributed by atoms with Crippen LogP contribution in [0.2, 0.25) is 5.02 Å². The quantitative estimate of drug-likeness (QED) is 0.293. The summed E-state index contributed by atoms with van der Waals surface area (Å²) < 4.78 is 2.09. The fraction of sp³-hybridized carbons (Fsp3) is 0.217. The monoisotopic (exact) mass is 424 g/mol. The Balaban J connectivity index is 1.65. The summed E-state index contributed by atoms with van der Waals surface area (Å²) in [7, 11) is 0. The lowest BCUT2D eigenvalue weighted by Gasteiger charge is -2.15. The largest absolute Gasteiger partial charge is 0.342 e. The molecule has 0 atom stereocenters. The second-order valence-corrected chi connectivity index (χ2v) is 7.45. The maximum Gasteiger partial charge on any atom is 0.191 e. The molecule has 0 aliphatic heterocycles. The van der Waals surface area contributed by atoms with Crippen LogP contribution < -0.4 is 10.7 Å². The van der Waals surface area contributed by atoms with Gasteiger partial charge in [0.2, 0.25) is 0 Å². The lowest BCUT2D eigenvalue weighted by atomic mass is 10.0. The van der Waals surface area contributed by atoms with Crippen LogP contribution in [0.1, 0.15) is 36.2 Å². The maximum atomic E-state index is 6.28. The van der Waals surface area contributed by atoms with Gasteiger partial charge in [0.1, 0.15) is 0 Å². The Hall–Kier alpha value is -2.63. The SMILES string of the molecule is CCc1cccc(CC)c1NC(=S)NN=Cc1cccn1Cc1ccccc1Cl. The minimum Gasteiger partial charge on any atom is -0.342 e. The topological polar surface area (TPSA) is 41.4 Å². The van der Waals surface area contributed by atoms with Crippen LogP contribution in [0.25, 0.3) is 0 Å². The highest BCUT2D eigenvalue weighted by molar-refractivity contribution is 7.80. The van der Waals surface area contributed by atoms with Crippen LogP contribution in [0.4, 0.5) is 5.69 Å². The van der Waals surface area contributed by atoms with E-state index >= 15 is 0 Å². The molecule has 0 radical (unpaired) electrons. The first-order valence-electron chi connectivity index (χ1n) is 9.71. The molecule has 2 N–H and O–H groups in total. The number of anilines is 1. The smallest absolute Gasteiger partial charge is 0.191 e. The Morgan fingerprint density at radius 3 is 2.38 bits per heavy atom. The number of aromatic nitrogens is 1. The predicted octanol–water partition coefficient (Wildman–Crippen LogP) is 5.64. The van der Waals surface area contributed by atoms with Gasteiger partial charge in [0.05, 0.1) is 11.9 Å². The van der Waals surface area contributed by atoms with Crippen LogP contribution in [0, 0.1) is 0 Å². The third-order valence-corrected chi connectivity index (χ3v) is 5.33. The van der Waals surface area contributed by atoms with Gasteiger partial charge in [-0.1, -0.05) is 61.8 Å². The molecule has 0 bridgehead atoms. The molecule has 6 heteroatoms. The third-order valence-electron chi connectivity index (χ3n) is 4.76. The maximum absolute atomic E-state index is 6.28. The second-order valence-electron chi connectivity index (χ2n) is 6.63. The van der Waals surface area contributed by atoms with Gasteiger partial charge in [-0.15, -0.1) is 0 Å². The number of hydrogen-bond acceptors (Lipinski definition) is 2. The summed E-state index contributed by atoms with van der Waals surface area (Å²) in [5.41, 5.74) is 8.51. The molecule has 1 aromatic heterocycles. The number of benzene rings is 2. The molecule has 3 aromatic rings. The molecule has 3 rings (SSSR count). The first kappa shape index (κ1) is 21.1. The highest BCUT2D eigenvalue weighted by atomic mass is 35.5. The van der Waals surface area contributed by atoms with E-state index in [0.29, 0.717) is 11.7 Å². The molecular weight excluding hydrogens is 400 g/mol. The van der Waals surface area contributed by atoms with Crippen molar-refractivity contribution < 1.29 is 0 Å². The van der Waals surface area contributed by atoms with Gasteiger partial charge in [0.15, 0.2) is 5.11 Å². The number of hydrogen-bond donors (Lipinski definition) is 2. The van der Waals surface area contributed by atoms with Crippen LogP contribution in [0.3, 0.4) is 0 Å². The zero-order valence-electron chi connectivity index (χ0n) is 16.7. The van der Waals surface area contributed by atoms with Gasteiger partial charge < -0.3 is 9.88 Å². The fourth-order valence-corrected chi connectivity index (χ4v) is 3.55. The Bertz CT molecular complexity index is 987. The van der Waals surface area contributed by atoms with E-state index in [0.717, 1.165) is 34.8 Å². The number of hydrazone groups is 1. The molecule has 29 heavy (non-hydrogen) atoms. The van der Waals surface area contributed by atoms with Crippen LogP contribution >= 0.6 is 23.8 Å². The summed E-state index contributed by atoms with van der Waals surface area (Å²) in [5.74, 6) is 0. The van der Waals surface area contributed by atoms with Crippen molar-refractivity contribution >= 4 is 40.8 Å². The van der Waals surface area contributed by atoms with E-state index < -0.39 is 0 Å². The normalized spacial score (nSPS) is 11.0. The number of nitrogens with one attached hydrogen (secondary N) is 2. The van der Waals surface area contributed by atoms with Gasteiger partial charge in [-0.2, -0.15) is 5.10 Å². The van der Waals surface area contributed by atoms with E-state index in [4.69, 9.17) is 23.8 Å². The molecule has 0 fully saturated rings. The van der Waals surface area contributed by atoms with Crippen molar-refractivity contribution in [1.82, 2.24) is 9.99 Å². The Labute approximate surface area is 182 Å². The fourth-order valence-electron chi connectivity index (χ4n) is 3.20. The Kier molecular flexibility index (Phi) is 7.44. The molecule has 0 spiro atoms. The first-order valence-corrected chi connectivity index (χ1v) is 10.5. The molecule has 150 valence electrons. The lowest BCUT2D eigenvalue weighted by molar-refractivity contribution is 0.799. The molecule has 0 amide bonds. The van der Waals surface area contributed by atoms with E-state index in [1.54, 1.807) is 6.21 Å². The summed E-state index contributed by atoms with van der Waals surface area (Å²) in [6.07, 6.45) is 5.65. The van der Waals surface area contributed by atoms with E-state index in [-0.39, 0.29) is 0 Å². The van der Waals surface area contributed by atoms with Crippen molar-refractivity contribution in [2.45, 2.75) is 33.2 Å². The predicted molar refractivity (Wildman–Crippen MR) is 127 cm³/mol. The second kappa shape index (κ2) is 10.2. The van der Waals surface area contributed by atoms with E-state index in [1.165, 1.54) is 11.1 Å². The molecule has 0 saturated carbocycles. The Morgan fingerprint density at radius 2 is 1.69 bits per heavy atom. The summed E-state index contributed by atoms with van der Waals surface area (Å²) in [4.78, 5) is 0. The van der Waals surface area contributed by atoms with Crippen molar-refractivity contribution in [1.29, 1.82) is 0 Å². The molecule has 4 nitrogen and oxygen atoms in total. The first-order chi connectivity index (χ1) is 14.1. The van der Waals surface area contributed by atoms with Gasteiger partial charge in [0, 0.05) is 23.5 Å². The zero-order valence-corrected chi connectivity index (χ0v) is 18.2. The van der Waals surface area contributed by atoms with Gasteiger partial charge in [-0.25, -0.2) is 0 Å². The number of para-hydroxylation sites is 1. The minimum atomic E-state index is 0.473. The molecular formula is C23H25ClN4S. The van der Waals surface area contributed by atoms with E-state index in [9.17, 15) is 0 Å². The molecule has 0 saturated heterocycles. The van der Waals surface area contributed by atoms with Gasteiger partial charge in [-0.05, 0) is 59.9 Å². The molecule has 0 aliphatic carbocycles. The highest BCUT2D eigenvalue weighted by Crippen LogP contribution is 2.22. The molecule has 2 aromatic carbocycles. The van der Waals surface area contributed by atoms with Gasteiger partial charge in [0.25, 0.3) is 0 Å². The van der Waals surface area contributed by atoms with Crippen LogP contribution in [0.5, 0.6) is 0 Å². The minimum absolute atomic E-state index is 0.473. The van der Waals surface area contributed by atoms with Gasteiger partial charge >= 0.3 is 0 Å². The lowest BCUT2D eigenvalue weighted by Crippen LogP contribution is -2.25. The average molecular weight is 425 g/mol. The van der Waals surface area contributed by atoms with E-state index in [1.807, 2.05) is 42.6 Å². The number of rotatable bonds is 7. The third kappa shape index (κ3) is 5.46. The molecule has 0 aliphatic rings. The number of nitrogens with zero attached hydrogens (tertiary/aromatic N) is 2. The molecule has 0 unspecified atom stereocenters. The molecule has 1 heterocycles. The van der Waals surface area contributed by atoms with Crippen LogP contribution in [-0.4, -0.2) is 15.9 Å². The van der Waals surface area contributed by atoms with E-state index in [2.05, 4.69) is 52.5 Å². The van der Waals surface area contributed by atoms with Crippen LogP contribution in [0.15, 0.2) is 65.9 Å². The number of aryl methyl sites for hydroxylation is 2. The van der Waals surface area contributed by atoms with Crippen LogP contribution in [-0.2, 0) is 19.4 Å². The summed E-state index contributed by atoms with van der Waals surface area (Å²) >= 11 is 11.7. The van der Waals surface area contributed by atoms with Crippen molar-refractivity contribution in [3.8, 4) is 0 Å². The summed E-state index contributed by atoms with van der Waals surface area (Å²) in [5, 5.41) is 8.85. The van der Waals surface area contributed by atoms with Crippen molar-refractivity contribution in [2.24, 2.45) is 5.10 Å². The van der Waals surface area contributed by atoms with Gasteiger partial charge in [-0.3, -0.25) is 5.43 Å². The zero-order chi connectivity index (χ0) is 20.6. The average Bonchev–Trinajstić information content (AvgIpc) is 3.16. The Morgan fingerprint density at radius 1 is 1.00 bits per heavy atom. The highest BCUT2D eigenvalue weighted by Gasteiger charge is 2.08. The summed E-state index contributed by atoms with van der Waals surface area (Å²) in [6.45, 7) is 4.96. The van der Waals surface area contributed by atoms with Crippen molar-refractivity contribution in [3.63, 3.8) is 0 Å². The van der Waals surface area contributed by atoms with Crippen molar-refractivity contribution in [3.05, 3.63) is 88.2 Å².